The first-order valence-electron chi connectivity index (χ1n) is 14.4. The van der Waals surface area contributed by atoms with Gasteiger partial charge in [0.1, 0.15) is 0 Å². The highest BCUT2D eigenvalue weighted by molar-refractivity contribution is 7.26. The van der Waals surface area contributed by atoms with Crippen molar-refractivity contribution in [1.29, 1.82) is 0 Å². The molecule has 0 atom stereocenters. The Morgan fingerprint density at radius 3 is 1.68 bits per heavy atom. The fourth-order valence-electron chi connectivity index (χ4n) is 5.77. The summed E-state index contributed by atoms with van der Waals surface area (Å²) in [5, 5.41) is 2.54. The third-order valence-corrected chi connectivity index (χ3v) is 9.32. The van der Waals surface area contributed by atoms with E-state index in [2.05, 4.69) is 119 Å². The van der Waals surface area contributed by atoms with Crippen molar-refractivity contribution in [3.05, 3.63) is 151 Å². The molecule has 0 radical (unpaired) electrons. The highest BCUT2D eigenvalue weighted by Gasteiger charge is 2.19. The Bertz CT molecular complexity index is 2280. The fraction of sp³-hybridized carbons (Fsp3) is 0. The zero-order chi connectivity index (χ0) is 29.5. The predicted octanol–water partition coefficient (Wildman–Crippen LogP) is 11.2. The van der Waals surface area contributed by atoms with Crippen LogP contribution in [0.4, 0.5) is 0 Å². The van der Waals surface area contributed by atoms with Crippen LogP contribution in [0.15, 0.2) is 146 Å². The summed E-state index contributed by atoms with van der Waals surface area (Å²) in [6.45, 7) is 0. The second-order valence-corrected chi connectivity index (χ2v) is 12.0. The molecular formula is C39H24ClN3S. The molecule has 8 aromatic rings. The van der Waals surface area contributed by atoms with Gasteiger partial charge in [-0.05, 0) is 63.2 Å². The third-order valence-electron chi connectivity index (χ3n) is 7.87. The number of halogens is 1. The molecular weight excluding hydrogens is 578 g/mol. The summed E-state index contributed by atoms with van der Waals surface area (Å²) in [4.78, 5) is 14.1. The van der Waals surface area contributed by atoms with Crippen LogP contribution in [0.3, 0.4) is 0 Å². The van der Waals surface area contributed by atoms with E-state index in [1.165, 1.54) is 37.7 Å². The number of hydrogen-bond acceptors (Lipinski definition) is 4. The molecule has 0 aliphatic carbocycles. The summed E-state index contributed by atoms with van der Waals surface area (Å²) in [5.74, 6) is 1.12. The van der Waals surface area contributed by atoms with Crippen LogP contribution in [0, 0.1) is 0 Å². The van der Waals surface area contributed by atoms with Crippen molar-refractivity contribution >= 4 is 43.1 Å². The first kappa shape index (κ1) is 26.5. The minimum absolute atomic E-state index is 0.173. The van der Waals surface area contributed by atoms with Crippen LogP contribution < -0.4 is 0 Å². The molecule has 8 rings (SSSR count). The molecule has 5 heteroatoms. The number of nitrogens with zero attached hydrogens (tertiary/aromatic N) is 3. The van der Waals surface area contributed by atoms with Crippen LogP contribution in [0.2, 0.25) is 5.28 Å². The first-order valence-corrected chi connectivity index (χ1v) is 15.6. The molecule has 0 bridgehead atoms. The molecule has 2 heterocycles. The van der Waals surface area contributed by atoms with Crippen molar-refractivity contribution in [3.8, 4) is 56.2 Å². The zero-order valence-corrected chi connectivity index (χ0v) is 25.1. The second-order valence-electron chi connectivity index (χ2n) is 10.6. The molecule has 0 saturated carbocycles. The summed E-state index contributed by atoms with van der Waals surface area (Å²) in [5.41, 5.74) is 8.84. The lowest BCUT2D eigenvalue weighted by Crippen LogP contribution is -1.97. The number of aromatic nitrogens is 3. The molecule has 6 aromatic carbocycles. The van der Waals surface area contributed by atoms with Gasteiger partial charge in [0.15, 0.2) is 11.6 Å². The van der Waals surface area contributed by atoms with E-state index in [9.17, 15) is 0 Å². The number of fused-ring (bicyclic) bond motifs is 3. The summed E-state index contributed by atoms with van der Waals surface area (Å²) in [6.07, 6.45) is 0. The minimum Gasteiger partial charge on any atom is -0.208 e. The van der Waals surface area contributed by atoms with Crippen LogP contribution >= 0.6 is 22.9 Å². The highest BCUT2D eigenvalue weighted by atomic mass is 35.5. The molecule has 0 amide bonds. The van der Waals surface area contributed by atoms with E-state index in [0.29, 0.717) is 11.6 Å². The first-order chi connectivity index (χ1) is 21.7. The standard InChI is InChI=1S/C39H24ClN3S/c40-39-42-37(27-16-8-3-9-17-27)41-38(43-39)34-24-30(26-14-6-2-7-15-26)23-33-32-21-11-20-31(35(32)44-36(33)34)29-19-10-18-28(22-29)25-12-4-1-5-13-25/h1-24H. The summed E-state index contributed by atoms with van der Waals surface area (Å²) in [7, 11) is 0. The van der Waals surface area contributed by atoms with Gasteiger partial charge in [0.2, 0.25) is 5.28 Å². The summed E-state index contributed by atoms with van der Waals surface area (Å²) in [6, 6.07) is 50.7. The van der Waals surface area contributed by atoms with Crippen LogP contribution in [0.5, 0.6) is 0 Å². The van der Waals surface area contributed by atoms with Crippen molar-refractivity contribution < 1.29 is 0 Å². The molecule has 0 saturated heterocycles. The summed E-state index contributed by atoms with van der Waals surface area (Å²) < 4.78 is 2.34. The molecule has 2 aromatic heterocycles. The molecule has 0 fully saturated rings. The minimum atomic E-state index is 0.173. The van der Waals surface area contributed by atoms with E-state index in [4.69, 9.17) is 16.6 Å². The van der Waals surface area contributed by atoms with Gasteiger partial charge >= 0.3 is 0 Å². The van der Waals surface area contributed by atoms with E-state index in [0.717, 1.165) is 27.0 Å². The molecule has 44 heavy (non-hydrogen) atoms. The number of hydrogen-bond donors (Lipinski definition) is 0. The topological polar surface area (TPSA) is 38.7 Å². The van der Waals surface area contributed by atoms with Crippen LogP contribution in [-0.4, -0.2) is 15.0 Å². The van der Waals surface area contributed by atoms with Gasteiger partial charge in [-0.15, -0.1) is 11.3 Å². The van der Waals surface area contributed by atoms with E-state index in [1.807, 2.05) is 36.4 Å². The van der Waals surface area contributed by atoms with Gasteiger partial charge in [-0.3, -0.25) is 0 Å². The lowest BCUT2D eigenvalue weighted by atomic mass is 9.96. The normalized spacial score (nSPS) is 11.3. The van der Waals surface area contributed by atoms with Gasteiger partial charge in [-0.25, -0.2) is 4.98 Å². The van der Waals surface area contributed by atoms with Crippen LogP contribution in [0.25, 0.3) is 76.3 Å². The molecule has 0 aliphatic rings. The van der Waals surface area contributed by atoms with Crippen molar-refractivity contribution in [1.82, 2.24) is 15.0 Å². The van der Waals surface area contributed by atoms with E-state index in [1.54, 1.807) is 11.3 Å². The largest absolute Gasteiger partial charge is 0.226 e. The lowest BCUT2D eigenvalue weighted by Gasteiger charge is -2.09. The van der Waals surface area contributed by atoms with Crippen molar-refractivity contribution in [2.24, 2.45) is 0 Å². The Morgan fingerprint density at radius 1 is 0.386 bits per heavy atom. The quantitative estimate of drug-likeness (QED) is 0.197. The Kier molecular flexibility index (Phi) is 6.71. The fourth-order valence-corrected chi connectivity index (χ4v) is 7.26. The summed E-state index contributed by atoms with van der Waals surface area (Å²) >= 11 is 8.32. The average molecular weight is 602 g/mol. The van der Waals surface area contributed by atoms with Crippen LogP contribution in [0.1, 0.15) is 0 Å². The Hall–Kier alpha value is -5.16. The van der Waals surface area contributed by atoms with Gasteiger partial charge in [-0.1, -0.05) is 127 Å². The van der Waals surface area contributed by atoms with Gasteiger partial charge in [0.05, 0.1) is 0 Å². The van der Waals surface area contributed by atoms with Crippen molar-refractivity contribution in [2.45, 2.75) is 0 Å². The van der Waals surface area contributed by atoms with Crippen molar-refractivity contribution in [3.63, 3.8) is 0 Å². The second kappa shape index (κ2) is 11.2. The predicted molar refractivity (Wildman–Crippen MR) is 185 cm³/mol. The Labute approximate surface area is 264 Å². The van der Waals surface area contributed by atoms with E-state index in [-0.39, 0.29) is 5.28 Å². The van der Waals surface area contributed by atoms with Gasteiger partial charge in [0.25, 0.3) is 0 Å². The van der Waals surface area contributed by atoms with E-state index < -0.39 is 0 Å². The van der Waals surface area contributed by atoms with Gasteiger partial charge in [0, 0.05) is 31.3 Å². The Balaban J connectivity index is 1.38. The number of rotatable bonds is 5. The zero-order valence-electron chi connectivity index (χ0n) is 23.5. The molecule has 0 unspecified atom stereocenters. The molecule has 0 N–H and O–H groups in total. The van der Waals surface area contributed by atoms with Crippen LogP contribution in [-0.2, 0) is 0 Å². The number of thiophene rings is 1. The van der Waals surface area contributed by atoms with E-state index >= 15 is 0 Å². The maximum atomic E-state index is 6.55. The SMILES string of the molecule is Clc1nc(-c2ccccc2)nc(-c2cc(-c3ccccc3)cc3c2sc2c(-c4cccc(-c5ccccc5)c4)cccc23)n1. The maximum absolute atomic E-state index is 6.55. The smallest absolute Gasteiger partial charge is 0.208 e. The molecule has 208 valence electrons. The monoisotopic (exact) mass is 601 g/mol. The average Bonchev–Trinajstić information content (AvgIpc) is 3.48. The van der Waals surface area contributed by atoms with Gasteiger partial charge in [-0.2, -0.15) is 9.97 Å². The lowest BCUT2D eigenvalue weighted by molar-refractivity contribution is 1.07. The maximum Gasteiger partial charge on any atom is 0.226 e. The third kappa shape index (κ3) is 4.84. The molecule has 3 nitrogen and oxygen atoms in total. The number of benzene rings is 6. The van der Waals surface area contributed by atoms with Crippen molar-refractivity contribution in [2.75, 3.05) is 0 Å². The van der Waals surface area contributed by atoms with Gasteiger partial charge < -0.3 is 0 Å². The molecule has 0 spiro atoms. The molecule has 0 aliphatic heterocycles. The highest BCUT2D eigenvalue weighted by Crippen LogP contribution is 2.45. The Morgan fingerprint density at radius 2 is 0.955 bits per heavy atom.